The molecule has 94 valence electrons. The highest BCUT2D eigenvalue weighted by Gasteiger charge is 2.07. The van der Waals surface area contributed by atoms with Crippen molar-refractivity contribution in [1.29, 1.82) is 0 Å². The number of nitrogens with one attached hydrogen (secondary N) is 1. The number of carbonyl (C=O) groups excluding carboxylic acids is 1. The van der Waals surface area contributed by atoms with Gasteiger partial charge in [0.05, 0.1) is 13.0 Å². The topological polar surface area (TPSA) is 38.3 Å². The van der Waals surface area contributed by atoms with Crippen LogP contribution in [0.4, 0.5) is 8.78 Å². The minimum Gasteiger partial charge on any atom is -0.273 e. The Labute approximate surface area is 98.7 Å². The van der Waals surface area contributed by atoms with Crippen LogP contribution in [0.1, 0.15) is 19.4 Å². The lowest BCUT2D eigenvalue weighted by atomic mass is 10.1. The van der Waals surface area contributed by atoms with Crippen LogP contribution in [-0.2, 0) is 16.1 Å². The van der Waals surface area contributed by atoms with Gasteiger partial charge in [-0.25, -0.2) is 14.3 Å². The van der Waals surface area contributed by atoms with Crippen LogP contribution in [0, 0.1) is 17.6 Å². The summed E-state index contributed by atoms with van der Waals surface area (Å²) in [4.78, 5) is 16.3. The van der Waals surface area contributed by atoms with Crippen molar-refractivity contribution in [1.82, 2.24) is 5.48 Å². The van der Waals surface area contributed by atoms with E-state index < -0.39 is 17.5 Å². The van der Waals surface area contributed by atoms with E-state index in [-0.39, 0.29) is 6.42 Å². The molecule has 0 spiro atoms. The summed E-state index contributed by atoms with van der Waals surface area (Å²) in [5.41, 5.74) is 2.64. The molecule has 5 heteroatoms. The lowest BCUT2D eigenvalue weighted by Crippen LogP contribution is -2.27. The number of hydrogen-bond acceptors (Lipinski definition) is 2. The number of hydroxylamine groups is 1. The second-order valence-corrected chi connectivity index (χ2v) is 4.16. The number of benzene rings is 1. The maximum Gasteiger partial charge on any atom is 0.247 e. The first-order chi connectivity index (χ1) is 7.99. The van der Waals surface area contributed by atoms with Crippen molar-refractivity contribution in [2.75, 3.05) is 6.61 Å². The summed E-state index contributed by atoms with van der Waals surface area (Å²) in [6.07, 6.45) is -0.0463. The van der Waals surface area contributed by atoms with Gasteiger partial charge >= 0.3 is 0 Å². The molecule has 1 aromatic carbocycles. The molecule has 1 aromatic rings. The molecule has 0 aliphatic rings. The van der Waals surface area contributed by atoms with Crippen molar-refractivity contribution in [3.8, 4) is 0 Å². The third-order valence-electron chi connectivity index (χ3n) is 1.95. The minimum atomic E-state index is -0.960. The van der Waals surface area contributed by atoms with Crippen molar-refractivity contribution >= 4 is 5.91 Å². The third kappa shape index (κ3) is 4.91. The lowest BCUT2D eigenvalue weighted by Gasteiger charge is -2.07. The van der Waals surface area contributed by atoms with Crippen molar-refractivity contribution in [2.45, 2.75) is 20.3 Å². The van der Waals surface area contributed by atoms with Crippen LogP contribution in [0.25, 0.3) is 0 Å². The monoisotopic (exact) mass is 243 g/mol. The van der Waals surface area contributed by atoms with E-state index in [1.807, 2.05) is 13.8 Å². The smallest absolute Gasteiger partial charge is 0.247 e. The Bertz CT molecular complexity index is 394. The molecule has 0 aromatic heterocycles. The predicted octanol–water partition coefficient (Wildman–Crippen LogP) is 2.21. The van der Waals surface area contributed by atoms with Crippen molar-refractivity contribution in [3.05, 3.63) is 35.4 Å². The van der Waals surface area contributed by atoms with Crippen molar-refractivity contribution in [2.24, 2.45) is 5.92 Å². The van der Waals surface area contributed by atoms with Gasteiger partial charge in [0.25, 0.3) is 0 Å². The predicted molar refractivity (Wildman–Crippen MR) is 59.0 cm³/mol. The van der Waals surface area contributed by atoms with E-state index in [9.17, 15) is 13.6 Å². The van der Waals surface area contributed by atoms with E-state index in [1.54, 1.807) is 0 Å². The number of carbonyl (C=O) groups is 1. The highest BCUT2D eigenvalue weighted by Crippen LogP contribution is 2.09. The Kier molecular flexibility index (Phi) is 5.03. The summed E-state index contributed by atoms with van der Waals surface area (Å²) >= 11 is 0. The summed E-state index contributed by atoms with van der Waals surface area (Å²) in [6.45, 7) is 4.30. The zero-order valence-corrected chi connectivity index (χ0v) is 9.80. The number of halogens is 2. The molecule has 1 N–H and O–H groups in total. The van der Waals surface area contributed by atoms with Gasteiger partial charge in [0.15, 0.2) is 11.6 Å². The molecule has 0 fully saturated rings. The molecule has 0 bridgehead atoms. The van der Waals surface area contributed by atoms with Crippen molar-refractivity contribution < 1.29 is 18.4 Å². The van der Waals surface area contributed by atoms with Crippen LogP contribution in [0.5, 0.6) is 0 Å². The Morgan fingerprint density at radius 3 is 2.65 bits per heavy atom. The molecule has 0 heterocycles. The maximum absolute atomic E-state index is 12.8. The van der Waals surface area contributed by atoms with Crippen LogP contribution >= 0.6 is 0 Å². The third-order valence-corrected chi connectivity index (χ3v) is 1.95. The number of amides is 1. The molecule has 0 aliphatic heterocycles. The van der Waals surface area contributed by atoms with E-state index in [2.05, 4.69) is 5.48 Å². The molecule has 0 saturated carbocycles. The van der Waals surface area contributed by atoms with Gasteiger partial charge in [0.1, 0.15) is 0 Å². The largest absolute Gasteiger partial charge is 0.273 e. The molecular weight excluding hydrogens is 228 g/mol. The molecule has 0 saturated heterocycles. The SMILES string of the molecule is CC(C)CONC(=O)Cc1ccc(F)c(F)c1. The molecule has 0 unspecified atom stereocenters. The number of rotatable bonds is 5. The fourth-order valence-electron chi connectivity index (χ4n) is 1.16. The van der Waals surface area contributed by atoms with Crippen molar-refractivity contribution in [3.63, 3.8) is 0 Å². The molecule has 3 nitrogen and oxygen atoms in total. The van der Waals surface area contributed by atoms with Crippen LogP contribution in [-0.4, -0.2) is 12.5 Å². The van der Waals surface area contributed by atoms with Gasteiger partial charge in [-0.05, 0) is 23.6 Å². The van der Waals surface area contributed by atoms with Gasteiger partial charge in [-0.2, -0.15) is 0 Å². The minimum absolute atomic E-state index is 0.0463. The summed E-state index contributed by atoms with van der Waals surface area (Å²) in [6, 6.07) is 3.35. The fraction of sp³-hybridized carbons (Fsp3) is 0.417. The van der Waals surface area contributed by atoms with E-state index in [4.69, 9.17) is 4.84 Å². The van der Waals surface area contributed by atoms with Gasteiger partial charge in [-0.1, -0.05) is 19.9 Å². The van der Waals surface area contributed by atoms with Crippen LogP contribution in [0.2, 0.25) is 0 Å². The van der Waals surface area contributed by atoms with Gasteiger partial charge < -0.3 is 0 Å². The second-order valence-electron chi connectivity index (χ2n) is 4.16. The number of hydrogen-bond donors (Lipinski definition) is 1. The van der Waals surface area contributed by atoms with Crippen LogP contribution in [0.15, 0.2) is 18.2 Å². The lowest BCUT2D eigenvalue weighted by molar-refractivity contribution is -0.133. The van der Waals surface area contributed by atoms with E-state index in [1.165, 1.54) is 6.07 Å². The van der Waals surface area contributed by atoms with E-state index in [0.29, 0.717) is 18.1 Å². The highest BCUT2D eigenvalue weighted by atomic mass is 19.2. The first-order valence-electron chi connectivity index (χ1n) is 5.33. The highest BCUT2D eigenvalue weighted by molar-refractivity contribution is 5.77. The zero-order valence-electron chi connectivity index (χ0n) is 9.80. The maximum atomic E-state index is 12.8. The summed E-state index contributed by atoms with van der Waals surface area (Å²) in [5.74, 6) is -1.97. The molecule has 17 heavy (non-hydrogen) atoms. The standard InChI is InChI=1S/C12H15F2NO2/c1-8(2)7-17-15-12(16)6-9-3-4-10(13)11(14)5-9/h3-5,8H,6-7H2,1-2H3,(H,15,16). The van der Waals surface area contributed by atoms with Gasteiger partial charge in [0, 0.05) is 0 Å². The van der Waals surface area contributed by atoms with Crippen LogP contribution < -0.4 is 5.48 Å². The summed E-state index contributed by atoms with van der Waals surface area (Å²) in [7, 11) is 0. The Morgan fingerprint density at radius 2 is 2.06 bits per heavy atom. The average molecular weight is 243 g/mol. The van der Waals surface area contributed by atoms with E-state index >= 15 is 0 Å². The molecule has 1 rings (SSSR count). The summed E-state index contributed by atoms with van der Waals surface area (Å²) in [5, 5.41) is 0. The molecule has 0 radical (unpaired) electrons. The van der Waals surface area contributed by atoms with E-state index in [0.717, 1.165) is 12.1 Å². The Balaban J connectivity index is 2.42. The van der Waals surface area contributed by atoms with Gasteiger partial charge in [0.2, 0.25) is 5.91 Å². The summed E-state index contributed by atoms with van der Waals surface area (Å²) < 4.78 is 25.5. The molecule has 0 aliphatic carbocycles. The van der Waals surface area contributed by atoms with Gasteiger partial charge in [-0.15, -0.1) is 0 Å². The molecule has 1 amide bonds. The molecule has 0 atom stereocenters. The Morgan fingerprint density at radius 1 is 1.35 bits per heavy atom. The zero-order chi connectivity index (χ0) is 12.8. The van der Waals surface area contributed by atoms with Gasteiger partial charge in [-0.3, -0.25) is 9.63 Å². The molecular formula is C12H15F2NO2. The second kappa shape index (κ2) is 6.30. The normalized spacial score (nSPS) is 10.6. The first kappa shape index (κ1) is 13.6. The Hall–Kier alpha value is -1.49. The quantitative estimate of drug-likeness (QED) is 0.805. The first-order valence-corrected chi connectivity index (χ1v) is 5.33. The average Bonchev–Trinajstić information content (AvgIpc) is 2.23. The fourth-order valence-corrected chi connectivity index (χ4v) is 1.16. The van der Waals surface area contributed by atoms with Crippen LogP contribution in [0.3, 0.4) is 0 Å².